The van der Waals surface area contributed by atoms with E-state index in [0.717, 1.165) is 25.9 Å². The van der Waals surface area contributed by atoms with Crippen LogP contribution in [0, 0.1) is 0 Å². The highest BCUT2D eigenvalue weighted by atomic mass is 16.7. The fourth-order valence-electron chi connectivity index (χ4n) is 5.16. The Morgan fingerprint density at radius 1 is 0.946 bits per heavy atom. The average molecular weight is 511 g/mol. The molecule has 0 aromatic heterocycles. The van der Waals surface area contributed by atoms with E-state index < -0.39 is 17.7 Å². The van der Waals surface area contributed by atoms with Crippen LogP contribution in [-0.4, -0.2) is 80.9 Å². The van der Waals surface area contributed by atoms with Crippen molar-refractivity contribution in [3.63, 3.8) is 0 Å². The number of rotatable bonds is 8. The molecule has 2 aromatic carbocycles. The van der Waals surface area contributed by atoms with Gasteiger partial charge in [-0.05, 0) is 61.8 Å². The number of ketones is 1. The Balaban J connectivity index is 1.62. The predicted molar refractivity (Wildman–Crippen MR) is 133 cm³/mol. The van der Waals surface area contributed by atoms with Crippen LogP contribution in [0.3, 0.4) is 0 Å². The van der Waals surface area contributed by atoms with Crippen LogP contribution in [0.25, 0.3) is 5.76 Å². The average Bonchev–Trinajstić information content (AvgIpc) is 3.67. The number of fused-ring (bicyclic) bond motifs is 1. The second-order valence-electron chi connectivity index (χ2n) is 9.07. The molecule has 1 atom stereocenters. The lowest BCUT2D eigenvalue weighted by atomic mass is 9.94. The van der Waals surface area contributed by atoms with Crippen LogP contribution in [0.15, 0.2) is 35.9 Å². The lowest BCUT2D eigenvalue weighted by Gasteiger charge is -2.27. The van der Waals surface area contributed by atoms with Gasteiger partial charge in [0.2, 0.25) is 12.5 Å². The van der Waals surface area contributed by atoms with E-state index >= 15 is 0 Å². The molecule has 10 heteroatoms. The Labute approximate surface area is 214 Å². The highest BCUT2D eigenvalue weighted by molar-refractivity contribution is 6.46. The molecule has 10 nitrogen and oxygen atoms in total. The molecule has 2 fully saturated rings. The van der Waals surface area contributed by atoms with Gasteiger partial charge in [-0.2, -0.15) is 0 Å². The normalized spacial score (nSPS) is 20.5. The van der Waals surface area contributed by atoms with Crippen LogP contribution in [0.2, 0.25) is 0 Å². The summed E-state index contributed by atoms with van der Waals surface area (Å²) < 4.78 is 27.3. The van der Waals surface area contributed by atoms with Crippen molar-refractivity contribution in [1.29, 1.82) is 0 Å². The van der Waals surface area contributed by atoms with Gasteiger partial charge in [0.25, 0.3) is 11.7 Å². The topological polar surface area (TPSA) is 107 Å². The molecule has 0 spiro atoms. The van der Waals surface area contributed by atoms with Gasteiger partial charge in [-0.15, -0.1) is 0 Å². The Kier molecular flexibility index (Phi) is 6.84. The number of hydrogen-bond donors (Lipinski definition) is 1. The molecular weight excluding hydrogens is 480 g/mol. The van der Waals surface area contributed by atoms with E-state index in [4.69, 9.17) is 23.7 Å². The summed E-state index contributed by atoms with van der Waals surface area (Å²) in [5.74, 6) is 0.466. The van der Waals surface area contributed by atoms with Gasteiger partial charge in [-0.25, -0.2) is 0 Å². The molecule has 0 unspecified atom stereocenters. The van der Waals surface area contributed by atoms with Crippen LogP contribution in [0.4, 0.5) is 0 Å². The Bertz CT molecular complexity index is 1250. The number of carbonyl (C=O) groups excluding carboxylic acids is 2. The minimum absolute atomic E-state index is 0.0143. The van der Waals surface area contributed by atoms with Crippen LogP contribution < -0.4 is 23.7 Å². The number of aliphatic hydroxyl groups is 1. The number of ether oxygens (including phenoxy) is 5. The van der Waals surface area contributed by atoms with Gasteiger partial charge in [0.1, 0.15) is 5.76 Å². The molecule has 0 aliphatic carbocycles. The number of aliphatic hydroxyl groups excluding tert-OH is 1. The van der Waals surface area contributed by atoms with Gasteiger partial charge in [0.15, 0.2) is 23.0 Å². The zero-order valence-electron chi connectivity index (χ0n) is 21.1. The zero-order valence-corrected chi connectivity index (χ0v) is 21.1. The Hall–Kier alpha value is -3.92. The SMILES string of the molecule is COc1ccc(C(O)=C2C(=O)C(=O)N(CCN3CCCC3)[C@H]2c2cc(OC)c3c(c2)OCO3)cc1OC. The quantitative estimate of drug-likeness (QED) is 0.326. The van der Waals surface area contributed by atoms with E-state index in [1.165, 1.54) is 26.2 Å². The Morgan fingerprint density at radius 2 is 1.68 bits per heavy atom. The number of benzene rings is 2. The third-order valence-corrected chi connectivity index (χ3v) is 7.05. The van der Waals surface area contributed by atoms with E-state index in [1.807, 2.05) is 0 Å². The van der Waals surface area contributed by atoms with Gasteiger partial charge in [0, 0.05) is 18.7 Å². The molecule has 0 bridgehead atoms. The van der Waals surface area contributed by atoms with Crippen molar-refractivity contribution in [2.24, 2.45) is 0 Å². The van der Waals surface area contributed by atoms with E-state index in [9.17, 15) is 14.7 Å². The van der Waals surface area contributed by atoms with Crippen molar-refractivity contribution in [2.75, 3.05) is 54.3 Å². The number of methoxy groups -OCH3 is 3. The van der Waals surface area contributed by atoms with Crippen molar-refractivity contribution in [3.8, 4) is 28.7 Å². The lowest BCUT2D eigenvalue weighted by Crippen LogP contribution is -2.37. The molecule has 37 heavy (non-hydrogen) atoms. The van der Waals surface area contributed by atoms with E-state index in [2.05, 4.69) is 4.90 Å². The number of carbonyl (C=O) groups is 2. The lowest BCUT2D eigenvalue weighted by molar-refractivity contribution is -0.140. The summed E-state index contributed by atoms with van der Waals surface area (Å²) in [6.45, 7) is 2.91. The Morgan fingerprint density at radius 3 is 2.38 bits per heavy atom. The van der Waals surface area contributed by atoms with Crippen molar-refractivity contribution < 1.29 is 38.4 Å². The first-order valence-electron chi connectivity index (χ1n) is 12.2. The molecule has 1 amide bonds. The number of hydrogen-bond acceptors (Lipinski definition) is 9. The smallest absolute Gasteiger partial charge is 0.295 e. The summed E-state index contributed by atoms with van der Waals surface area (Å²) in [6, 6.07) is 7.42. The maximum absolute atomic E-state index is 13.4. The first-order valence-corrected chi connectivity index (χ1v) is 12.2. The van der Waals surface area contributed by atoms with Crippen molar-refractivity contribution in [1.82, 2.24) is 9.80 Å². The largest absolute Gasteiger partial charge is 0.507 e. The highest BCUT2D eigenvalue weighted by Gasteiger charge is 2.47. The highest BCUT2D eigenvalue weighted by Crippen LogP contribution is 2.47. The van der Waals surface area contributed by atoms with Crippen molar-refractivity contribution >= 4 is 17.4 Å². The maximum atomic E-state index is 13.4. The summed E-state index contributed by atoms with van der Waals surface area (Å²) in [4.78, 5) is 30.5. The molecule has 2 aromatic rings. The van der Waals surface area contributed by atoms with Gasteiger partial charge in [-0.3, -0.25) is 9.59 Å². The van der Waals surface area contributed by atoms with Gasteiger partial charge >= 0.3 is 0 Å². The van der Waals surface area contributed by atoms with Crippen LogP contribution in [0.5, 0.6) is 28.7 Å². The van der Waals surface area contributed by atoms with E-state index in [0.29, 0.717) is 53.0 Å². The first-order chi connectivity index (χ1) is 18.0. The number of Topliss-reactive ketones (excluding diaryl/α,β-unsaturated/α-hetero) is 1. The summed E-state index contributed by atoms with van der Waals surface area (Å²) >= 11 is 0. The van der Waals surface area contributed by atoms with Crippen molar-refractivity contribution in [3.05, 3.63) is 47.0 Å². The second-order valence-corrected chi connectivity index (χ2v) is 9.07. The fourth-order valence-corrected chi connectivity index (χ4v) is 5.16. The minimum atomic E-state index is -0.848. The number of amides is 1. The monoisotopic (exact) mass is 510 g/mol. The number of nitrogens with zero attached hydrogens (tertiary/aromatic N) is 2. The summed E-state index contributed by atoms with van der Waals surface area (Å²) in [7, 11) is 4.50. The molecule has 0 radical (unpaired) electrons. The molecule has 0 saturated carbocycles. The summed E-state index contributed by atoms with van der Waals surface area (Å²) in [5.41, 5.74) is 0.885. The minimum Gasteiger partial charge on any atom is -0.507 e. The standard InChI is InChI=1S/C27H30N2O8/c1-33-18-7-6-16(12-19(18)34-2)24(30)22-23(17-13-20(35-3)26-21(14-17)36-15-37-26)29(27(32)25(22)31)11-10-28-8-4-5-9-28/h6-7,12-14,23,30H,4-5,8-11,15H2,1-3H3/t23-/m0/s1. The van der Waals surface area contributed by atoms with Gasteiger partial charge < -0.3 is 38.6 Å². The third-order valence-electron chi connectivity index (χ3n) is 7.05. The van der Waals surface area contributed by atoms with Crippen LogP contribution in [-0.2, 0) is 9.59 Å². The van der Waals surface area contributed by atoms with E-state index in [-0.39, 0.29) is 18.1 Å². The fraction of sp³-hybridized carbons (Fsp3) is 0.407. The maximum Gasteiger partial charge on any atom is 0.295 e. The summed E-state index contributed by atoms with van der Waals surface area (Å²) in [5, 5.41) is 11.4. The van der Waals surface area contributed by atoms with E-state index in [1.54, 1.807) is 30.3 Å². The molecule has 3 aliphatic heterocycles. The molecule has 3 aliphatic rings. The molecule has 196 valence electrons. The second kappa shape index (κ2) is 10.2. The van der Waals surface area contributed by atoms with Gasteiger partial charge in [-0.1, -0.05) is 0 Å². The molecule has 2 saturated heterocycles. The predicted octanol–water partition coefficient (Wildman–Crippen LogP) is 2.96. The van der Waals surface area contributed by atoms with Crippen molar-refractivity contribution in [2.45, 2.75) is 18.9 Å². The number of likely N-dealkylation sites (tertiary alicyclic amines) is 2. The van der Waals surface area contributed by atoms with Gasteiger partial charge in [0.05, 0.1) is 32.9 Å². The molecule has 5 rings (SSSR count). The third kappa shape index (κ3) is 4.42. The zero-order chi connectivity index (χ0) is 26.1. The molecule has 3 heterocycles. The van der Waals surface area contributed by atoms with Crippen LogP contribution >= 0.6 is 0 Å². The molecule has 1 N–H and O–H groups in total. The molecular formula is C27H30N2O8. The summed E-state index contributed by atoms with van der Waals surface area (Å²) in [6.07, 6.45) is 2.22. The van der Waals surface area contributed by atoms with Crippen LogP contribution in [0.1, 0.15) is 30.0 Å². The first kappa shape index (κ1) is 24.8.